The molecule has 2 nitrogen and oxygen atoms in total. The molecule has 0 aromatic heterocycles. The normalized spacial score (nSPS) is 15.2. The zero-order valence-corrected chi connectivity index (χ0v) is 12.2. The predicted molar refractivity (Wildman–Crippen MR) is 84.4 cm³/mol. The Morgan fingerprint density at radius 3 is 2.80 bits per heavy atom. The Morgan fingerprint density at radius 2 is 1.95 bits per heavy atom. The van der Waals surface area contributed by atoms with E-state index in [1.54, 1.807) is 11.8 Å². The van der Waals surface area contributed by atoms with E-state index >= 15 is 0 Å². The molecule has 104 valence electrons. The third-order valence-electron chi connectivity index (χ3n) is 3.54. The van der Waals surface area contributed by atoms with Crippen LogP contribution in [0.5, 0.6) is 5.75 Å². The maximum Gasteiger partial charge on any atom is 0.127 e. The summed E-state index contributed by atoms with van der Waals surface area (Å²) < 4.78 is 5.84. The van der Waals surface area contributed by atoms with E-state index in [0.717, 1.165) is 36.5 Å². The lowest BCUT2D eigenvalue weighted by Crippen LogP contribution is -2.18. The van der Waals surface area contributed by atoms with Crippen LogP contribution >= 0.6 is 11.8 Å². The first-order chi connectivity index (χ1) is 9.84. The number of aryl methyl sites for hydroxylation is 1. The third kappa shape index (κ3) is 3.00. The van der Waals surface area contributed by atoms with Gasteiger partial charge in [0.05, 0.1) is 6.61 Å². The van der Waals surface area contributed by atoms with Gasteiger partial charge in [-0.15, -0.1) is 11.8 Å². The molecule has 0 amide bonds. The molecule has 0 bridgehead atoms. The fourth-order valence-electron chi connectivity index (χ4n) is 2.50. The van der Waals surface area contributed by atoms with Crippen molar-refractivity contribution >= 4 is 11.8 Å². The maximum atomic E-state index is 6.37. The molecule has 0 fully saturated rings. The highest BCUT2D eigenvalue weighted by atomic mass is 32.2. The summed E-state index contributed by atoms with van der Waals surface area (Å²) in [6.45, 7) is 0.808. The van der Waals surface area contributed by atoms with E-state index in [4.69, 9.17) is 10.5 Å². The van der Waals surface area contributed by atoms with E-state index in [1.165, 1.54) is 10.5 Å². The predicted octanol–water partition coefficient (Wildman–Crippen LogP) is 3.80. The van der Waals surface area contributed by atoms with Crippen LogP contribution in [-0.4, -0.2) is 12.4 Å². The quantitative estimate of drug-likeness (QED) is 0.868. The Hall–Kier alpha value is -1.45. The van der Waals surface area contributed by atoms with E-state index in [1.807, 2.05) is 6.07 Å². The molecule has 0 aliphatic carbocycles. The van der Waals surface area contributed by atoms with Gasteiger partial charge in [0.1, 0.15) is 5.75 Å². The summed E-state index contributed by atoms with van der Waals surface area (Å²) in [5.41, 5.74) is 8.81. The van der Waals surface area contributed by atoms with Crippen LogP contribution in [0.4, 0.5) is 0 Å². The lowest BCUT2D eigenvalue weighted by Gasteiger charge is -2.23. The van der Waals surface area contributed by atoms with Gasteiger partial charge in [-0.3, -0.25) is 0 Å². The van der Waals surface area contributed by atoms with Crippen molar-refractivity contribution in [1.29, 1.82) is 0 Å². The molecular weight excluding hydrogens is 266 g/mol. The summed E-state index contributed by atoms with van der Waals surface area (Å²) in [4.78, 5) is 1.26. The lowest BCUT2D eigenvalue weighted by atomic mass is 9.99. The van der Waals surface area contributed by atoms with Crippen LogP contribution in [0.25, 0.3) is 0 Å². The number of hydrogen-bond donors (Lipinski definition) is 1. The van der Waals surface area contributed by atoms with Crippen LogP contribution in [0.3, 0.4) is 0 Å². The fraction of sp³-hybridized carbons (Fsp3) is 0.294. The van der Waals surface area contributed by atoms with Crippen molar-refractivity contribution in [2.45, 2.75) is 23.8 Å². The number of para-hydroxylation sites is 1. The molecule has 1 heterocycles. The van der Waals surface area contributed by atoms with Crippen molar-refractivity contribution < 1.29 is 4.74 Å². The van der Waals surface area contributed by atoms with Crippen LogP contribution in [0.15, 0.2) is 53.4 Å². The zero-order chi connectivity index (χ0) is 13.8. The lowest BCUT2D eigenvalue weighted by molar-refractivity contribution is 0.284. The van der Waals surface area contributed by atoms with Gasteiger partial charge in [0.2, 0.25) is 0 Å². The topological polar surface area (TPSA) is 35.2 Å². The van der Waals surface area contributed by atoms with Crippen LogP contribution in [-0.2, 0) is 6.42 Å². The Labute approximate surface area is 124 Å². The molecule has 1 aliphatic rings. The average molecular weight is 285 g/mol. The monoisotopic (exact) mass is 285 g/mol. The number of benzene rings is 2. The van der Waals surface area contributed by atoms with E-state index in [0.29, 0.717) is 0 Å². The molecule has 2 aromatic rings. The van der Waals surface area contributed by atoms with Crippen LogP contribution in [0, 0.1) is 0 Å². The van der Waals surface area contributed by atoms with Gasteiger partial charge in [0.25, 0.3) is 0 Å². The minimum Gasteiger partial charge on any atom is -0.493 e. The summed E-state index contributed by atoms with van der Waals surface area (Å²) in [5.74, 6) is 1.89. The number of fused-ring (bicyclic) bond motifs is 1. The van der Waals surface area contributed by atoms with Gasteiger partial charge in [-0.25, -0.2) is 0 Å². The van der Waals surface area contributed by atoms with Gasteiger partial charge in [-0.1, -0.05) is 36.4 Å². The Morgan fingerprint density at radius 1 is 1.10 bits per heavy atom. The average Bonchev–Trinajstić information content (AvgIpc) is 2.53. The smallest absolute Gasteiger partial charge is 0.127 e. The molecule has 1 atom stereocenters. The number of nitrogens with two attached hydrogens (primary N) is 1. The van der Waals surface area contributed by atoms with Gasteiger partial charge in [0.15, 0.2) is 0 Å². The first-order valence-electron chi connectivity index (χ1n) is 7.02. The summed E-state index contributed by atoms with van der Waals surface area (Å²) >= 11 is 1.79. The van der Waals surface area contributed by atoms with Crippen molar-refractivity contribution in [3.8, 4) is 5.75 Å². The second kappa shape index (κ2) is 6.33. The van der Waals surface area contributed by atoms with Crippen molar-refractivity contribution in [2.24, 2.45) is 5.73 Å². The van der Waals surface area contributed by atoms with E-state index in [9.17, 15) is 0 Å². The minimum absolute atomic E-state index is 0.00764. The standard InChI is InChI=1S/C17H19NOS/c18-16(12-20-14-8-2-1-3-9-14)15-10-4-6-13-7-5-11-19-17(13)15/h1-4,6,8-10,16H,5,7,11-12,18H2. The molecule has 3 heteroatoms. The van der Waals surface area contributed by atoms with E-state index in [-0.39, 0.29) is 6.04 Å². The Kier molecular flexibility index (Phi) is 4.28. The molecule has 0 spiro atoms. The van der Waals surface area contributed by atoms with E-state index < -0.39 is 0 Å². The molecule has 0 saturated carbocycles. The van der Waals surface area contributed by atoms with Crippen molar-refractivity contribution in [3.63, 3.8) is 0 Å². The summed E-state index contributed by atoms with van der Waals surface area (Å²) in [7, 11) is 0. The molecule has 1 aliphatic heterocycles. The second-order valence-corrected chi connectivity index (χ2v) is 6.11. The number of ether oxygens (including phenoxy) is 1. The van der Waals surface area contributed by atoms with Gasteiger partial charge < -0.3 is 10.5 Å². The number of hydrogen-bond acceptors (Lipinski definition) is 3. The van der Waals surface area contributed by atoms with Crippen molar-refractivity contribution in [1.82, 2.24) is 0 Å². The first-order valence-corrected chi connectivity index (χ1v) is 8.01. The van der Waals surface area contributed by atoms with Gasteiger partial charge in [0, 0.05) is 22.3 Å². The van der Waals surface area contributed by atoms with Gasteiger partial charge >= 0.3 is 0 Å². The highest BCUT2D eigenvalue weighted by molar-refractivity contribution is 7.99. The molecular formula is C17H19NOS. The maximum absolute atomic E-state index is 6.37. The van der Waals surface area contributed by atoms with Crippen molar-refractivity contribution in [2.75, 3.05) is 12.4 Å². The summed E-state index contributed by atoms with van der Waals surface area (Å²) in [6, 6.07) is 16.7. The highest BCUT2D eigenvalue weighted by Crippen LogP contribution is 2.34. The molecule has 2 N–H and O–H groups in total. The first kappa shape index (κ1) is 13.5. The fourth-order valence-corrected chi connectivity index (χ4v) is 3.40. The Balaban J connectivity index is 1.72. The largest absolute Gasteiger partial charge is 0.493 e. The van der Waals surface area contributed by atoms with Crippen molar-refractivity contribution in [3.05, 3.63) is 59.7 Å². The van der Waals surface area contributed by atoms with Crippen LogP contribution in [0.1, 0.15) is 23.6 Å². The molecule has 2 aromatic carbocycles. The summed E-state index contributed by atoms with van der Waals surface area (Å²) in [5, 5.41) is 0. The molecule has 1 unspecified atom stereocenters. The Bertz CT molecular complexity index is 570. The number of thioether (sulfide) groups is 1. The molecule has 0 radical (unpaired) electrons. The minimum atomic E-state index is 0.00764. The SMILES string of the molecule is NC(CSc1ccccc1)c1cccc2c1OCCC2. The van der Waals surface area contributed by atoms with Crippen LogP contribution < -0.4 is 10.5 Å². The molecule has 3 rings (SSSR count). The summed E-state index contributed by atoms with van der Waals surface area (Å²) in [6.07, 6.45) is 2.20. The molecule has 20 heavy (non-hydrogen) atoms. The van der Waals surface area contributed by atoms with Gasteiger partial charge in [-0.2, -0.15) is 0 Å². The van der Waals surface area contributed by atoms with Crippen LogP contribution in [0.2, 0.25) is 0 Å². The van der Waals surface area contributed by atoms with E-state index in [2.05, 4.69) is 42.5 Å². The van der Waals surface area contributed by atoms with Gasteiger partial charge in [-0.05, 0) is 30.5 Å². The highest BCUT2D eigenvalue weighted by Gasteiger charge is 2.18. The third-order valence-corrected chi connectivity index (χ3v) is 4.67. The zero-order valence-electron chi connectivity index (χ0n) is 11.4. The second-order valence-electron chi connectivity index (χ2n) is 5.02. The number of rotatable bonds is 4. The molecule has 0 saturated heterocycles.